The largest absolute Gasteiger partial charge is 0.396 e. The van der Waals surface area contributed by atoms with E-state index in [0.717, 1.165) is 25.7 Å². The molecule has 1 rings (SSSR count). The van der Waals surface area contributed by atoms with Gasteiger partial charge in [0.25, 0.3) is 0 Å². The predicted octanol–water partition coefficient (Wildman–Crippen LogP) is -1.01. The van der Waals surface area contributed by atoms with Crippen LogP contribution in [0.3, 0.4) is 0 Å². The molecule has 1 aliphatic rings. The summed E-state index contributed by atoms with van der Waals surface area (Å²) in [5.41, 5.74) is 0. The van der Waals surface area contributed by atoms with Gasteiger partial charge in [0.05, 0.1) is 6.61 Å². The molecule has 0 saturated carbocycles. The summed E-state index contributed by atoms with van der Waals surface area (Å²) >= 11 is 0. The maximum Gasteiger partial charge on any atom is 0.186 e. The first-order valence-electron chi connectivity index (χ1n) is 6.05. The third-order valence-corrected chi connectivity index (χ3v) is 2.79. The van der Waals surface area contributed by atoms with Crippen molar-refractivity contribution in [3.63, 3.8) is 0 Å². The van der Waals surface area contributed by atoms with E-state index in [-0.39, 0.29) is 13.2 Å². The van der Waals surface area contributed by atoms with Gasteiger partial charge in [0.2, 0.25) is 0 Å². The molecule has 0 unspecified atom stereocenters. The summed E-state index contributed by atoms with van der Waals surface area (Å²) in [6, 6.07) is 0. The molecule has 4 atom stereocenters. The minimum Gasteiger partial charge on any atom is -0.396 e. The Morgan fingerprint density at radius 2 is 1.71 bits per heavy atom. The zero-order valence-corrected chi connectivity index (χ0v) is 9.86. The zero-order valence-electron chi connectivity index (χ0n) is 9.86. The molecule has 0 spiro atoms. The van der Waals surface area contributed by atoms with Gasteiger partial charge in [-0.1, -0.05) is 12.8 Å². The molecule has 0 bridgehead atoms. The Kier molecular flexibility index (Phi) is 6.94. The molecule has 1 saturated heterocycles. The average Bonchev–Trinajstić information content (AvgIpc) is 2.33. The van der Waals surface area contributed by atoms with Crippen molar-refractivity contribution in [1.82, 2.24) is 0 Å². The number of unbranched alkanes of at least 4 members (excludes halogenated alkanes) is 3. The summed E-state index contributed by atoms with van der Waals surface area (Å²) < 4.78 is 10.4. The molecule has 0 radical (unpaired) electrons. The van der Waals surface area contributed by atoms with E-state index in [0.29, 0.717) is 6.61 Å². The van der Waals surface area contributed by atoms with E-state index in [1.54, 1.807) is 0 Å². The fourth-order valence-corrected chi connectivity index (χ4v) is 1.69. The van der Waals surface area contributed by atoms with E-state index >= 15 is 0 Å². The van der Waals surface area contributed by atoms with Crippen LogP contribution in [0.15, 0.2) is 0 Å². The van der Waals surface area contributed by atoms with Crippen LogP contribution in [0.25, 0.3) is 0 Å². The van der Waals surface area contributed by atoms with Crippen LogP contribution in [0, 0.1) is 0 Å². The molecule has 0 amide bonds. The second kappa shape index (κ2) is 7.97. The Hall–Kier alpha value is -0.240. The van der Waals surface area contributed by atoms with Crippen molar-refractivity contribution in [3.8, 4) is 0 Å². The highest BCUT2D eigenvalue weighted by molar-refractivity contribution is 4.82. The minimum absolute atomic E-state index is 0.0343. The third-order valence-electron chi connectivity index (χ3n) is 2.79. The van der Waals surface area contributed by atoms with Gasteiger partial charge in [0.1, 0.15) is 18.3 Å². The van der Waals surface area contributed by atoms with Crippen LogP contribution in [-0.2, 0) is 9.47 Å². The zero-order chi connectivity index (χ0) is 12.7. The van der Waals surface area contributed by atoms with Crippen molar-refractivity contribution in [2.24, 2.45) is 0 Å². The van der Waals surface area contributed by atoms with Gasteiger partial charge < -0.3 is 29.9 Å². The van der Waals surface area contributed by atoms with Crippen molar-refractivity contribution in [2.45, 2.75) is 50.3 Å². The molecule has 102 valence electrons. The van der Waals surface area contributed by atoms with Gasteiger partial charge >= 0.3 is 0 Å². The molecule has 1 aliphatic heterocycles. The van der Waals surface area contributed by atoms with E-state index in [4.69, 9.17) is 14.6 Å². The lowest BCUT2D eigenvalue weighted by molar-refractivity contribution is -0.270. The first kappa shape index (κ1) is 14.8. The van der Waals surface area contributed by atoms with Crippen LogP contribution in [0.5, 0.6) is 0 Å². The van der Waals surface area contributed by atoms with Crippen LogP contribution < -0.4 is 0 Å². The number of aliphatic hydroxyl groups is 4. The quantitative estimate of drug-likeness (QED) is 0.432. The number of hydrogen-bond donors (Lipinski definition) is 4. The Morgan fingerprint density at radius 3 is 2.41 bits per heavy atom. The molecule has 0 aliphatic carbocycles. The summed E-state index contributed by atoms with van der Waals surface area (Å²) in [7, 11) is 0. The van der Waals surface area contributed by atoms with Crippen molar-refractivity contribution in [3.05, 3.63) is 0 Å². The van der Waals surface area contributed by atoms with E-state index < -0.39 is 24.6 Å². The Labute approximate surface area is 101 Å². The normalized spacial score (nSPS) is 33.9. The highest BCUT2D eigenvalue weighted by atomic mass is 16.7. The molecule has 1 fully saturated rings. The van der Waals surface area contributed by atoms with Crippen molar-refractivity contribution in [1.29, 1.82) is 0 Å². The molecule has 0 aromatic rings. The van der Waals surface area contributed by atoms with E-state index in [1.807, 2.05) is 0 Å². The topological polar surface area (TPSA) is 99.4 Å². The van der Waals surface area contributed by atoms with E-state index in [2.05, 4.69) is 0 Å². The highest BCUT2D eigenvalue weighted by Crippen LogP contribution is 2.16. The van der Waals surface area contributed by atoms with Gasteiger partial charge in [-0.2, -0.15) is 0 Å². The summed E-state index contributed by atoms with van der Waals surface area (Å²) in [6.45, 7) is 0.596. The van der Waals surface area contributed by atoms with Gasteiger partial charge in [0, 0.05) is 13.2 Å². The smallest absolute Gasteiger partial charge is 0.186 e. The molecular formula is C11H22O6. The summed E-state index contributed by atoms with van der Waals surface area (Å²) in [4.78, 5) is 0. The van der Waals surface area contributed by atoms with Crippen molar-refractivity contribution >= 4 is 0 Å². The molecule has 17 heavy (non-hydrogen) atoms. The standard InChI is InChI=1S/C11H22O6/c12-5-3-1-2-4-6-16-11-10(15)9(14)8(13)7-17-11/h8-15H,1-7H2/t8-,9+,10-,11-/m1/s1. The average molecular weight is 250 g/mol. The molecule has 6 nitrogen and oxygen atoms in total. The predicted molar refractivity (Wildman–Crippen MR) is 59.3 cm³/mol. The summed E-state index contributed by atoms with van der Waals surface area (Å²) in [5, 5.41) is 36.8. The minimum atomic E-state index is -1.22. The molecular weight excluding hydrogens is 228 g/mol. The lowest BCUT2D eigenvalue weighted by atomic mass is 10.1. The van der Waals surface area contributed by atoms with Gasteiger partial charge in [0.15, 0.2) is 6.29 Å². The van der Waals surface area contributed by atoms with Crippen LogP contribution in [-0.4, -0.2) is 64.8 Å². The van der Waals surface area contributed by atoms with Crippen LogP contribution in [0.4, 0.5) is 0 Å². The van der Waals surface area contributed by atoms with Gasteiger partial charge in [-0.05, 0) is 12.8 Å². The van der Waals surface area contributed by atoms with Gasteiger partial charge in [-0.15, -0.1) is 0 Å². The first-order chi connectivity index (χ1) is 8.16. The number of aliphatic hydroxyl groups excluding tert-OH is 4. The fraction of sp³-hybridized carbons (Fsp3) is 1.00. The van der Waals surface area contributed by atoms with Crippen molar-refractivity contribution < 1.29 is 29.9 Å². The fourth-order valence-electron chi connectivity index (χ4n) is 1.69. The Morgan fingerprint density at radius 1 is 1.00 bits per heavy atom. The molecule has 0 aromatic carbocycles. The highest BCUT2D eigenvalue weighted by Gasteiger charge is 2.37. The summed E-state index contributed by atoms with van der Waals surface area (Å²) in [6.07, 6.45) is -0.886. The number of rotatable bonds is 7. The monoisotopic (exact) mass is 250 g/mol. The lowest BCUT2D eigenvalue weighted by Crippen LogP contribution is -2.53. The Bertz CT molecular complexity index is 200. The van der Waals surface area contributed by atoms with Crippen LogP contribution in [0.2, 0.25) is 0 Å². The van der Waals surface area contributed by atoms with Crippen LogP contribution >= 0.6 is 0 Å². The lowest BCUT2D eigenvalue weighted by Gasteiger charge is -2.34. The maximum absolute atomic E-state index is 9.56. The second-order valence-electron chi connectivity index (χ2n) is 4.26. The second-order valence-corrected chi connectivity index (χ2v) is 4.26. The maximum atomic E-state index is 9.56. The molecule has 6 heteroatoms. The number of ether oxygens (including phenoxy) is 2. The number of hydrogen-bond acceptors (Lipinski definition) is 6. The molecule has 0 aromatic heterocycles. The van der Waals surface area contributed by atoms with Gasteiger partial charge in [-0.25, -0.2) is 0 Å². The van der Waals surface area contributed by atoms with E-state index in [1.165, 1.54) is 0 Å². The van der Waals surface area contributed by atoms with E-state index in [9.17, 15) is 15.3 Å². The van der Waals surface area contributed by atoms with Gasteiger partial charge in [-0.3, -0.25) is 0 Å². The SMILES string of the molecule is OCCCCCCO[C@@H]1OC[C@@H](O)[C@H](O)[C@H]1O. The molecule has 1 heterocycles. The first-order valence-corrected chi connectivity index (χ1v) is 6.05. The molecule has 4 N–H and O–H groups in total. The van der Waals surface area contributed by atoms with Crippen molar-refractivity contribution in [2.75, 3.05) is 19.8 Å². The third kappa shape index (κ3) is 4.87. The Balaban J connectivity index is 2.10. The summed E-state index contributed by atoms with van der Waals surface area (Å²) in [5.74, 6) is 0. The van der Waals surface area contributed by atoms with Crippen LogP contribution in [0.1, 0.15) is 25.7 Å².